The van der Waals surface area contributed by atoms with E-state index in [9.17, 15) is 0 Å². The zero-order valence-electron chi connectivity index (χ0n) is 8.61. The molecule has 2 heterocycles. The number of oxazole rings is 1. The van der Waals surface area contributed by atoms with Gasteiger partial charge in [-0.15, -0.1) is 0 Å². The topological polar surface area (TPSA) is 39.2 Å². The summed E-state index contributed by atoms with van der Waals surface area (Å²) in [6, 6.07) is 9.30. The highest BCUT2D eigenvalue weighted by molar-refractivity contribution is 6.32. The van der Waals surface area contributed by atoms with Gasteiger partial charge < -0.3 is 8.83 Å². The fraction of sp³-hybridized carbons (Fsp3) is 0. The number of benzene rings is 2. The monoisotopic (exact) mass is 243 g/mol. The van der Waals surface area contributed by atoms with E-state index < -0.39 is 0 Å². The molecule has 4 heteroatoms. The predicted molar refractivity (Wildman–Crippen MR) is 66.3 cm³/mol. The molecule has 0 unspecified atom stereocenters. The van der Waals surface area contributed by atoms with E-state index in [4.69, 9.17) is 20.4 Å². The van der Waals surface area contributed by atoms with Crippen LogP contribution < -0.4 is 0 Å². The molecule has 0 aliphatic rings. The van der Waals surface area contributed by atoms with Gasteiger partial charge in [0.05, 0.1) is 5.39 Å². The highest BCUT2D eigenvalue weighted by Crippen LogP contribution is 2.34. The summed E-state index contributed by atoms with van der Waals surface area (Å²) in [5.41, 5.74) is 3.16. The molecule has 0 bridgehead atoms. The third-order valence-electron chi connectivity index (χ3n) is 2.90. The van der Waals surface area contributed by atoms with E-state index in [0.29, 0.717) is 5.02 Å². The lowest BCUT2D eigenvalue weighted by atomic mass is 10.1. The Kier molecular flexibility index (Phi) is 1.61. The van der Waals surface area contributed by atoms with Gasteiger partial charge in [0.15, 0.2) is 12.0 Å². The summed E-state index contributed by atoms with van der Waals surface area (Å²) in [6.07, 6.45) is 1.44. The first-order chi connectivity index (χ1) is 8.33. The van der Waals surface area contributed by atoms with E-state index in [1.807, 2.05) is 30.3 Å². The molecule has 4 rings (SSSR count). The van der Waals surface area contributed by atoms with E-state index >= 15 is 0 Å². The smallest absolute Gasteiger partial charge is 0.182 e. The van der Waals surface area contributed by atoms with Gasteiger partial charge in [0.25, 0.3) is 0 Å². The number of fused-ring (bicyclic) bond motifs is 5. The highest BCUT2D eigenvalue weighted by atomic mass is 35.5. The molecule has 0 N–H and O–H groups in total. The zero-order valence-corrected chi connectivity index (χ0v) is 9.36. The van der Waals surface area contributed by atoms with E-state index in [2.05, 4.69) is 4.98 Å². The Morgan fingerprint density at radius 1 is 1.00 bits per heavy atom. The fourth-order valence-electron chi connectivity index (χ4n) is 2.16. The second-order valence-electron chi connectivity index (χ2n) is 3.88. The number of aromatic nitrogens is 1. The molecular formula is C13H6ClNO2. The lowest BCUT2D eigenvalue weighted by Gasteiger charge is -1.91. The average Bonchev–Trinajstić information content (AvgIpc) is 2.90. The number of hydrogen-bond acceptors (Lipinski definition) is 3. The van der Waals surface area contributed by atoms with Crippen molar-refractivity contribution in [1.29, 1.82) is 0 Å². The molecule has 0 amide bonds. The van der Waals surface area contributed by atoms with Gasteiger partial charge in [0, 0.05) is 10.4 Å². The summed E-state index contributed by atoms with van der Waals surface area (Å²) in [7, 11) is 0. The molecule has 0 atom stereocenters. The van der Waals surface area contributed by atoms with E-state index in [-0.39, 0.29) is 0 Å². The molecule has 0 radical (unpaired) electrons. The van der Waals surface area contributed by atoms with Crippen LogP contribution in [0.4, 0.5) is 0 Å². The van der Waals surface area contributed by atoms with Crippen molar-refractivity contribution in [3.05, 3.63) is 41.7 Å². The summed E-state index contributed by atoms with van der Waals surface area (Å²) < 4.78 is 11.0. The normalized spacial score (nSPS) is 11.8. The third kappa shape index (κ3) is 1.14. The first-order valence-electron chi connectivity index (χ1n) is 5.17. The van der Waals surface area contributed by atoms with Gasteiger partial charge in [-0.05, 0) is 30.3 Å². The largest absolute Gasteiger partial charge is 0.456 e. The lowest BCUT2D eigenvalue weighted by Crippen LogP contribution is -1.71. The van der Waals surface area contributed by atoms with E-state index in [1.54, 1.807) is 0 Å². The van der Waals surface area contributed by atoms with Crippen LogP contribution in [0.3, 0.4) is 0 Å². The Morgan fingerprint density at radius 2 is 1.82 bits per heavy atom. The van der Waals surface area contributed by atoms with Gasteiger partial charge in [0.1, 0.15) is 16.7 Å². The summed E-state index contributed by atoms with van der Waals surface area (Å²) in [5, 5.41) is 2.60. The Morgan fingerprint density at radius 3 is 2.76 bits per heavy atom. The first-order valence-corrected chi connectivity index (χ1v) is 5.55. The SMILES string of the molecule is Clc1ccc2oc3ccc4ocnc4c3c2c1. The molecule has 82 valence electrons. The third-order valence-corrected chi connectivity index (χ3v) is 3.13. The standard InChI is InChI=1S/C13H6ClNO2/c14-7-1-2-9-8(5-7)12-10(17-9)3-4-11-13(12)15-6-16-11/h1-6H. The molecule has 17 heavy (non-hydrogen) atoms. The molecule has 3 nitrogen and oxygen atoms in total. The van der Waals surface area contributed by atoms with Crippen LogP contribution in [0.5, 0.6) is 0 Å². The lowest BCUT2D eigenvalue weighted by molar-refractivity contribution is 0.602. The summed E-state index contributed by atoms with van der Waals surface area (Å²) >= 11 is 6.02. The predicted octanol–water partition coefficient (Wildman–Crippen LogP) is 4.38. The van der Waals surface area contributed by atoms with Crippen molar-refractivity contribution in [1.82, 2.24) is 4.98 Å². The number of rotatable bonds is 0. The summed E-state index contributed by atoms with van der Waals surface area (Å²) in [5.74, 6) is 0. The number of halogens is 1. The molecule has 0 aliphatic carbocycles. The number of nitrogens with zero attached hydrogens (tertiary/aromatic N) is 1. The van der Waals surface area contributed by atoms with Crippen LogP contribution in [-0.2, 0) is 0 Å². The van der Waals surface area contributed by atoms with Crippen molar-refractivity contribution in [2.45, 2.75) is 0 Å². The van der Waals surface area contributed by atoms with Gasteiger partial charge in [-0.3, -0.25) is 0 Å². The maximum atomic E-state index is 6.02. The molecule has 0 saturated carbocycles. The van der Waals surface area contributed by atoms with Crippen molar-refractivity contribution in [2.75, 3.05) is 0 Å². The van der Waals surface area contributed by atoms with Crippen molar-refractivity contribution in [3.63, 3.8) is 0 Å². The van der Waals surface area contributed by atoms with Gasteiger partial charge in [-0.1, -0.05) is 11.6 Å². The van der Waals surface area contributed by atoms with Gasteiger partial charge in [-0.2, -0.15) is 0 Å². The highest BCUT2D eigenvalue weighted by Gasteiger charge is 2.12. The van der Waals surface area contributed by atoms with Crippen LogP contribution in [0.15, 0.2) is 45.6 Å². The van der Waals surface area contributed by atoms with E-state index in [1.165, 1.54) is 6.39 Å². The maximum absolute atomic E-state index is 6.02. The quantitative estimate of drug-likeness (QED) is 0.460. The van der Waals surface area contributed by atoms with Gasteiger partial charge in [0.2, 0.25) is 0 Å². The minimum atomic E-state index is 0.681. The summed E-state index contributed by atoms with van der Waals surface area (Å²) in [4.78, 5) is 4.23. The minimum Gasteiger partial charge on any atom is -0.456 e. The van der Waals surface area contributed by atoms with Crippen molar-refractivity contribution >= 4 is 44.6 Å². The molecule has 0 aliphatic heterocycles. The Labute approximate surface area is 101 Å². The molecule has 0 spiro atoms. The Hall–Kier alpha value is -2.00. The average molecular weight is 244 g/mol. The van der Waals surface area contributed by atoms with Crippen molar-refractivity contribution in [2.24, 2.45) is 0 Å². The molecule has 0 fully saturated rings. The van der Waals surface area contributed by atoms with Gasteiger partial charge in [-0.25, -0.2) is 4.98 Å². The van der Waals surface area contributed by atoms with Crippen LogP contribution in [-0.4, -0.2) is 4.98 Å². The molecular weight excluding hydrogens is 238 g/mol. The minimum absolute atomic E-state index is 0.681. The van der Waals surface area contributed by atoms with Crippen molar-refractivity contribution < 1.29 is 8.83 Å². The zero-order chi connectivity index (χ0) is 11.4. The van der Waals surface area contributed by atoms with Crippen LogP contribution in [0.1, 0.15) is 0 Å². The number of furan rings is 1. The van der Waals surface area contributed by atoms with Crippen LogP contribution >= 0.6 is 11.6 Å². The number of hydrogen-bond donors (Lipinski definition) is 0. The first kappa shape index (κ1) is 9.07. The van der Waals surface area contributed by atoms with E-state index in [0.717, 1.165) is 33.0 Å². The molecule has 4 aromatic rings. The fourth-order valence-corrected chi connectivity index (χ4v) is 2.34. The molecule has 2 aromatic heterocycles. The molecule has 2 aromatic carbocycles. The van der Waals surface area contributed by atoms with Crippen LogP contribution in [0, 0.1) is 0 Å². The second kappa shape index (κ2) is 3.02. The maximum Gasteiger partial charge on any atom is 0.182 e. The summed E-state index contributed by atoms with van der Waals surface area (Å²) in [6.45, 7) is 0. The van der Waals surface area contributed by atoms with Crippen molar-refractivity contribution in [3.8, 4) is 0 Å². The molecule has 0 saturated heterocycles. The Balaban J connectivity index is 2.37. The van der Waals surface area contributed by atoms with Crippen LogP contribution in [0.2, 0.25) is 5.02 Å². The second-order valence-corrected chi connectivity index (χ2v) is 4.32. The van der Waals surface area contributed by atoms with Crippen LogP contribution in [0.25, 0.3) is 33.0 Å². The van der Waals surface area contributed by atoms with Gasteiger partial charge >= 0.3 is 0 Å². The Bertz CT molecular complexity index is 860.